The molecule has 1 aliphatic carbocycles. The van der Waals surface area contributed by atoms with Crippen LogP contribution in [0.4, 0.5) is 0 Å². The maximum atomic E-state index is 12.1. The van der Waals surface area contributed by atoms with E-state index in [-0.39, 0.29) is 23.7 Å². The first-order valence-electron chi connectivity index (χ1n) is 7.77. The van der Waals surface area contributed by atoms with Crippen LogP contribution in [-0.2, 0) is 22.7 Å². The van der Waals surface area contributed by atoms with Crippen LogP contribution in [0.5, 0.6) is 0 Å². The van der Waals surface area contributed by atoms with E-state index < -0.39 is 0 Å². The molecule has 5 heteroatoms. The van der Waals surface area contributed by atoms with E-state index in [4.69, 9.17) is 4.42 Å². The molecule has 2 unspecified atom stereocenters. The summed E-state index contributed by atoms with van der Waals surface area (Å²) in [7, 11) is 0. The van der Waals surface area contributed by atoms with E-state index in [0.29, 0.717) is 25.3 Å². The number of nitrogens with one attached hydrogen (secondary N) is 2. The second-order valence-electron chi connectivity index (χ2n) is 5.95. The zero-order chi connectivity index (χ0) is 16.2. The van der Waals surface area contributed by atoms with Gasteiger partial charge in [0, 0.05) is 6.54 Å². The molecule has 23 heavy (non-hydrogen) atoms. The molecule has 5 nitrogen and oxygen atoms in total. The Labute approximate surface area is 135 Å². The van der Waals surface area contributed by atoms with Crippen molar-refractivity contribution in [3.63, 3.8) is 0 Å². The highest BCUT2D eigenvalue weighted by atomic mass is 16.3. The zero-order valence-electron chi connectivity index (χ0n) is 13.0. The van der Waals surface area contributed by atoms with Gasteiger partial charge in [0.05, 0.1) is 24.6 Å². The Kier molecular flexibility index (Phi) is 4.46. The van der Waals surface area contributed by atoms with Crippen molar-refractivity contribution in [1.29, 1.82) is 0 Å². The van der Waals surface area contributed by atoms with Crippen LogP contribution in [0.25, 0.3) is 0 Å². The maximum absolute atomic E-state index is 12.1. The van der Waals surface area contributed by atoms with Gasteiger partial charge in [0.2, 0.25) is 11.8 Å². The van der Waals surface area contributed by atoms with Gasteiger partial charge in [0.1, 0.15) is 5.76 Å². The summed E-state index contributed by atoms with van der Waals surface area (Å²) in [5.74, 6) is 0.139. The number of hydrogen-bond acceptors (Lipinski definition) is 3. The highest BCUT2D eigenvalue weighted by molar-refractivity contribution is 5.92. The first kappa shape index (κ1) is 15.3. The summed E-state index contributed by atoms with van der Waals surface area (Å²) in [4.78, 5) is 24.1. The molecule has 0 radical (unpaired) electrons. The molecule has 2 aromatic rings. The molecular formula is C18H20N2O3. The van der Waals surface area contributed by atoms with E-state index in [0.717, 1.165) is 5.56 Å². The van der Waals surface area contributed by atoms with E-state index >= 15 is 0 Å². The molecule has 1 saturated carbocycles. The Morgan fingerprint density at radius 2 is 1.70 bits per heavy atom. The Balaban J connectivity index is 1.41. The fraction of sp³-hybridized carbons (Fsp3) is 0.333. The van der Waals surface area contributed by atoms with Gasteiger partial charge in [-0.25, -0.2) is 0 Å². The monoisotopic (exact) mass is 312 g/mol. The standard InChI is InChI=1S/C18H20N2O3/c1-12-4-6-13(7-5-12)10-19-17(21)15-9-16(15)18(22)20-11-14-3-2-8-23-14/h2-8,15-16H,9-11H2,1H3,(H,19,21)(H,20,22). The molecule has 3 rings (SSSR count). The van der Waals surface area contributed by atoms with E-state index in [1.807, 2.05) is 31.2 Å². The van der Waals surface area contributed by atoms with E-state index in [1.54, 1.807) is 18.4 Å². The van der Waals surface area contributed by atoms with E-state index in [2.05, 4.69) is 10.6 Å². The number of hydrogen-bond donors (Lipinski definition) is 2. The normalized spacial score (nSPS) is 19.2. The second-order valence-corrected chi connectivity index (χ2v) is 5.95. The van der Waals surface area contributed by atoms with Gasteiger partial charge in [-0.05, 0) is 31.0 Å². The largest absolute Gasteiger partial charge is 0.467 e. The number of rotatable bonds is 6. The summed E-state index contributed by atoms with van der Waals surface area (Å²) < 4.78 is 5.16. The third kappa shape index (κ3) is 4.00. The molecule has 0 saturated heterocycles. The van der Waals surface area contributed by atoms with Crippen molar-refractivity contribution in [1.82, 2.24) is 10.6 Å². The predicted octanol–water partition coefficient (Wildman–Crippen LogP) is 2.16. The summed E-state index contributed by atoms with van der Waals surface area (Å²) in [5.41, 5.74) is 2.25. The molecule has 1 aromatic carbocycles. The van der Waals surface area contributed by atoms with Crippen LogP contribution in [0.1, 0.15) is 23.3 Å². The molecule has 1 aromatic heterocycles. The number of benzene rings is 1. The van der Waals surface area contributed by atoms with Gasteiger partial charge in [0.15, 0.2) is 0 Å². The van der Waals surface area contributed by atoms with Crippen molar-refractivity contribution < 1.29 is 14.0 Å². The first-order chi connectivity index (χ1) is 11.1. The fourth-order valence-corrected chi connectivity index (χ4v) is 2.52. The topological polar surface area (TPSA) is 71.3 Å². The molecule has 1 fully saturated rings. The van der Waals surface area contributed by atoms with Crippen LogP contribution in [0.2, 0.25) is 0 Å². The lowest BCUT2D eigenvalue weighted by Crippen LogP contribution is -2.29. The summed E-state index contributed by atoms with van der Waals surface area (Å²) in [5, 5.41) is 5.70. The highest BCUT2D eigenvalue weighted by Gasteiger charge is 2.47. The summed E-state index contributed by atoms with van der Waals surface area (Å²) in [6.07, 6.45) is 2.18. The van der Waals surface area contributed by atoms with Crippen molar-refractivity contribution in [2.24, 2.45) is 11.8 Å². The Hall–Kier alpha value is -2.56. The maximum Gasteiger partial charge on any atom is 0.224 e. The molecular weight excluding hydrogens is 292 g/mol. The van der Waals surface area contributed by atoms with Crippen LogP contribution in [-0.4, -0.2) is 11.8 Å². The Morgan fingerprint density at radius 1 is 1.04 bits per heavy atom. The smallest absolute Gasteiger partial charge is 0.224 e. The molecule has 1 aliphatic rings. The number of amides is 2. The Bertz CT molecular complexity index is 677. The second kappa shape index (κ2) is 6.69. The van der Waals surface area contributed by atoms with Crippen molar-refractivity contribution in [3.05, 3.63) is 59.5 Å². The number of carbonyl (C=O) groups excluding carboxylic acids is 2. The zero-order valence-corrected chi connectivity index (χ0v) is 13.0. The lowest BCUT2D eigenvalue weighted by Gasteiger charge is -2.06. The SMILES string of the molecule is Cc1ccc(CNC(=O)C2CC2C(=O)NCc2ccco2)cc1. The van der Waals surface area contributed by atoms with Crippen LogP contribution < -0.4 is 10.6 Å². The van der Waals surface area contributed by atoms with Gasteiger partial charge in [-0.15, -0.1) is 0 Å². The van der Waals surface area contributed by atoms with Gasteiger partial charge >= 0.3 is 0 Å². The van der Waals surface area contributed by atoms with Crippen LogP contribution >= 0.6 is 0 Å². The molecule has 0 bridgehead atoms. The highest BCUT2D eigenvalue weighted by Crippen LogP contribution is 2.38. The fourth-order valence-electron chi connectivity index (χ4n) is 2.52. The molecule has 0 spiro atoms. The first-order valence-corrected chi connectivity index (χ1v) is 7.77. The minimum Gasteiger partial charge on any atom is -0.467 e. The third-order valence-electron chi connectivity index (χ3n) is 4.07. The number of furan rings is 1. The predicted molar refractivity (Wildman–Crippen MR) is 85.2 cm³/mol. The van der Waals surface area contributed by atoms with Crippen LogP contribution in [0.3, 0.4) is 0 Å². The van der Waals surface area contributed by atoms with Gasteiger partial charge < -0.3 is 15.1 Å². The molecule has 2 N–H and O–H groups in total. The molecule has 1 heterocycles. The third-order valence-corrected chi connectivity index (χ3v) is 4.07. The quantitative estimate of drug-likeness (QED) is 0.858. The minimum absolute atomic E-state index is 0.0521. The summed E-state index contributed by atoms with van der Waals surface area (Å²) in [6, 6.07) is 11.6. The summed E-state index contributed by atoms with van der Waals surface area (Å²) in [6.45, 7) is 2.88. The van der Waals surface area contributed by atoms with Gasteiger partial charge in [-0.1, -0.05) is 29.8 Å². The lowest BCUT2D eigenvalue weighted by molar-refractivity contribution is -0.127. The van der Waals surface area contributed by atoms with E-state index in [9.17, 15) is 9.59 Å². The number of aryl methyl sites for hydroxylation is 1. The van der Waals surface area contributed by atoms with Crippen molar-refractivity contribution in [3.8, 4) is 0 Å². The van der Waals surface area contributed by atoms with Crippen LogP contribution in [0.15, 0.2) is 47.1 Å². The molecule has 2 amide bonds. The van der Waals surface area contributed by atoms with Gasteiger partial charge in [-0.2, -0.15) is 0 Å². The molecule has 0 aliphatic heterocycles. The Morgan fingerprint density at radius 3 is 2.30 bits per heavy atom. The lowest BCUT2D eigenvalue weighted by atomic mass is 10.1. The van der Waals surface area contributed by atoms with Crippen molar-refractivity contribution in [2.45, 2.75) is 26.4 Å². The molecule has 120 valence electrons. The summed E-state index contributed by atoms with van der Waals surface area (Å²) >= 11 is 0. The minimum atomic E-state index is -0.219. The average molecular weight is 312 g/mol. The number of carbonyl (C=O) groups is 2. The van der Waals surface area contributed by atoms with E-state index in [1.165, 1.54) is 5.56 Å². The molecule has 2 atom stereocenters. The van der Waals surface area contributed by atoms with Crippen molar-refractivity contribution >= 4 is 11.8 Å². The van der Waals surface area contributed by atoms with Gasteiger partial charge in [0.25, 0.3) is 0 Å². The van der Waals surface area contributed by atoms with Crippen molar-refractivity contribution in [2.75, 3.05) is 0 Å². The van der Waals surface area contributed by atoms with Gasteiger partial charge in [-0.3, -0.25) is 9.59 Å². The van der Waals surface area contributed by atoms with Crippen LogP contribution in [0, 0.1) is 18.8 Å². The average Bonchev–Trinajstić information content (AvgIpc) is 3.19.